The van der Waals surface area contributed by atoms with Gasteiger partial charge in [-0.2, -0.15) is 0 Å². The Labute approximate surface area is 112 Å². The maximum atomic E-state index is 9.52. The fraction of sp³-hybridized carbons (Fsp3) is 1.00. The normalized spacial score (nSPS) is 26.8. The Morgan fingerprint density at radius 1 is 1.39 bits per heavy atom. The zero-order valence-electron chi connectivity index (χ0n) is 12.6. The summed E-state index contributed by atoms with van der Waals surface area (Å²) in [6.45, 7) is 12.2. The van der Waals surface area contributed by atoms with Crippen molar-refractivity contribution in [3.05, 3.63) is 0 Å². The van der Waals surface area contributed by atoms with Gasteiger partial charge in [-0.25, -0.2) is 0 Å². The summed E-state index contributed by atoms with van der Waals surface area (Å²) in [4.78, 5) is 4.98. The van der Waals surface area contributed by atoms with Gasteiger partial charge in [0.05, 0.1) is 6.61 Å². The lowest BCUT2D eigenvalue weighted by molar-refractivity contribution is 0.132. The average molecular weight is 257 g/mol. The second-order valence-electron chi connectivity index (χ2n) is 6.00. The molecule has 0 spiro atoms. The fourth-order valence-corrected chi connectivity index (χ4v) is 2.79. The number of hydrogen-bond acceptors (Lipinski definition) is 4. The molecule has 4 heteroatoms. The van der Waals surface area contributed by atoms with Crippen LogP contribution in [0.4, 0.5) is 0 Å². The molecule has 2 unspecified atom stereocenters. The summed E-state index contributed by atoms with van der Waals surface area (Å²) in [6.07, 6.45) is 2.25. The first kappa shape index (κ1) is 15.9. The van der Waals surface area contributed by atoms with Crippen molar-refractivity contribution in [2.24, 2.45) is 0 Å². The van der Waals surface area contributed by atoms with Crippen LogP contribution in [0, 0.1) is 0 Å². The van der Waals surface area contributed by atoms with Crippen LogP contribution in [0.2, 0.25) is 0 Å². The highest BCUT2D eigenvalue weighted by atomic mass is 16.3. The van der Waals surface area contributed by atoms with E-state index in [1.807, 2.05) is 0 Å². The average Bonchev–Trinajstić information content (AvgIpc) is 2.48. The van der Waals surface area contributed by atoms with E-state index in [1.165, 1.54) is 19.5 Å². The Morgan fingerprint density at radius 3 is 2.72 bits per heavy atom. The van der Waals surface area contributed by atoms with E-state index < -0.39 is 0 Å². The molecule has 0 bridgehead atoms. The lowest BCUT2D eigenvalue weighted by Crippen LogP contribution is -2.49. The number of rotatable bonds is 6. The highest BCUT2D eigenvalue weighted by molar-refractivity contribution is 4.85. The summed E-state index contributed by atoms with van der Waals surface area (Å²) in [5.74, 6) is 0. The smallest absolute Gasteiger partial charge is 0.0611 e. The monoisotopic (exact) mass is 257 g/mol. The highest BCUT2D eigenvalue weighted by Crippen LogP contribution is 2.14. The lowest BCUT2D eigenvalue weighted by Gasteiger charge is -2.34. The molecule has 0 radical (unpaired) electrons. The van der Waals surface area contributed by atoms with Crippen LogP contribution >= 0.6 is 0 Å². The minimum Gasteiger partial charge on any atom is -0.394 e. The maximum Gasteiger partial charge on any atom is 0.0611 e. The van der Waals surface area contributed by atoms with Crippen LogP contribution in [0.15, 0.2) is 0 Å². The first-order chi connectivity index (χ1) is 8.50. The van der Waals surface area contributed by atoms with E-state index in [9.17, 15) is 5.11 Å². The second kappa shape index (κ2) is 7.43. The third kappa shape index (κ3) is 4.84. The molecule has 1 rings (SSSR count). The van der Waals surface area contributed by atoms with Gasteiger partial charge in [0.1, 0.15) is 0 Å². The van der Waals surface area contributed by atoms with Crippen LogP contribution in [-0.4, -0.2) is 72.9 Å². The Balaban J connectivity index is 2.45. The number of nitrogens with one attached hydrogen (secondary N) is 1. The molecule has 1 saturated heterocycles. The van der Waals surface area contributed by atoms with Gasteiger partial charge in [0.25, 0.3) is 0 Å². The van der Waals surface area contributed by atoms with Gasteiger partial charge in [-0.05, 0) is 53.4 Å². The molecule has 4 nitrogen and oxygen atoms in total. The van der Waals surface area contributed by atoms with E-state index in [0.717, 1.165) is 26.1 Å². The Bertz CT molecular complexity index is 237. The van der Waals surface area contributed by atoms with Crippen LogP contribution in [-0.2, 0) is 0 Å². The summed E-state index contributed by atoms with van der Waals surface area (Å²) in [7, 11) is 2.20. The Morgan fingerprint density at radius 2 is 2.11 bits per heavy atom. The quantitative estimate of drug-likeness (QED) is 0.737. The summed E-state index contributed by atoms with van der Waals surface area (Å²) in [5.41, 5.74) is -0.132. The Hall–Kier alpha value is -0.160. The number of hydrogen-bond donors (Lipinski definition) is 2. The molecule has 0 aliphatic carbocycles. The van der Waals surface area contributed by atoms with E-state index in [1.54, 1.807) is 0 Å². The van der Waals surface area contributed by atoms with Crippen LogP contribution < -0.4 is 5.32 Å². The van der Waals surface area contributed by atoms with E-state index in [2.05, 4.69) is 42.9 Å². The SMILES string of the molecule is CCNC(C)(CO)CCN1CCCN(C)CC1C. The molecular formula is C14H31N3O. The summed E-state index contributed by atoms with van der Waals surface area (Å²) < 4.78 is 0. The third-order valence-electron chi connectivity index (χ3n) is 4.09. The van der Waals surface area contributed by atoms with Crippen LogP contribution in [0.25, 0.3) is 0 Å². The second-order valence-corrected chi connectivity index (χ2v) is 6.00. The van der Waals surface area contributed by atoms with Gasteiger partial charge in [0.2, 0.25) is 0 Å². The van der Waals surface area contributed by atoms with Crippen molar-refractivity contribution in [3.8, 4) is 0 Å². The molecule has 0 saturated carbocycles. The van der Waals surface area contributed by atoms with Gasteiger partial charge in [-0.15, -0.1) is 0 Å². The first-order valence-electron chi connectivity index (χ1n) is 7.29. The van der Waals surface area contributed by atoms with E-state index in [0.29, 0.717) is 6.04 Å². The van der Waals surface area contributed by atoms with Gasteiger partial charge >= 0.3 is 0 Å². The zero-order valence-corrected chi connectivity index (χ0v) is 12.6. The standard InChI is InChI=1S/C14H31N3O/c1-5-15-14(3,12-18)7-10-17-9-6-8-16(4)11-13(17)2/h13,15,18H,5-12H2,1-4H3. The molecule has 108 valence electrons. The van der Waals surface area contributed by atoms with E-state index in [-0.39, 0.29) is 12.1 Å². The number of nitrogens with zero attached hydrogens (tertiary/aromatic N) is 2. The summed E-state index contributed by atoms with van der Waals surface area (Å²) in [6, 6.07) is 0.613. The van der Waals surface area contributed by atoms with Gasteiger partial charge < -0.3 is 15.3 Å². The Kier molecular flexibility index (Phi) is 6.57. The van der Waals surface area contributed by atoms with Crippen molar-refractivity contribution in [1.82, 2.24) is 15.1 Å². The van der Waals surface area contributed by atoms with Crippen LogP contribution in [0.5, 0.6) is 0 Å². The number of aliphatic hydroxyl groups excluding tert-OH is 1. The van der Waals surface area contributed by atoms with Crippen LogP contribution in [0.3, 0.4) is 0 Å². The number of aliphatic hydroxyl groups is 1. The lowest BCUT2D eigenvalue weighted by atomic mass is 9.98. The van der Waals surface area contributed by atoms with E-state index >= 15 is 0 Å². The van der Waals surface area contributed by atoms with Crippen molar-refractivity contribution in [2.45, 2.75) is 45.2 Å². The zero-order chi connectivity index (χ0) is 13.6. The van der Waals surface area contributed by atoms with Crippen molar-refractivity contribution >= 4 is 0 Å². The molecule has 2 atom stereocenters. The first-order valence-corrected chi connectivity index (χ1v) is 7.29. The minimum absolute atomic E-state index is 0.132. The van der Waals surface area contributed by atoms with Crippen molar-refractivity contribution < 1.29 is 5.11 Å². The molecule has 1 heterocycles. The fourth-order valence-electron chi connectivity index (χ4n) is 2.79. The van der Waals surface area contributed by atoms with Crippen molar-refractivity contribution in [3.63, 3.8) is 0 Å². The van der Waals surface area contributed by atoms with Gasteiger partial charge in [-0.3, -0.25) is 4.90 Å². The molecule has 1 fully saturated rings. The third-order valence-corrected chi connectivity index (χ3v) is 4.09. The largest absolute Gasteiger partial charge is 0.394 e. The van der Waals surface area contributed by atoms with Crippen LogP contribution in [0.1, 0.15) is 33.6 Å². The molecule has 1 aliphatic heterocycles. The van der Waals surface area contributed by atoms with Gasteiger partial charge in [0, 0.05) is 24.7 Å². The minimum atomic E-state index is -0.132. The summed E-state index contributed by atoms with van der Waals surface area (Å²) >= 11 is 0. The predicted molar refractivity (Wildman–Crippen MR) is 76.9 cm³/mol. The number of likely N-dealkylation sites (N-methyl/N-ethyl adjacent to an activating group) is 2. The highest BCUT2D eigenvalue weighted by Gasteiger charge is 2.25. The molecule has 1 aliphatic rings. The van der Waals surface area contributed by atoms with Crippen molar-refractivity contribution in [1.29, 1.82) is 0 Å². The molecule has 2 N–H and O–H groups in total. The van der Waals surface area contributed by atoms with Gasteiger partial charge in [0.15, 0.2) is 0 Å². The molecular weight excluding hydrogens is 226 g/mol. The van der Waals surface area contributed by atoms with Crippen molar-refractivity contribution in [2.75, 3.05) is 46.4 Å². The predicted octanol–water partition coefficient (Wildman–Crippen LogP) is 0.763. The molecule has 18 heavy (non-hydrogen) atoms. The summed E-state index contributed by atoms with van der Waals surface area (Å²) in [5, 5.41) is 12.9. The molecule has 0 aromatic rings. The molecule has 0 amide bonds. The molecule has 0 aromatic heterocycles. The maximum absolute atomic E-state index is 9.52. The van der Waals surface area contributed by atoms with E-state index in [4.69, 9.17) is 0 Å². The topological polar surface area (TPSA) is 38.7 Å². The molecule has 0 aromatic carbocycles. The van der Waals surface area contributed by atoms with Gasteiger partial charge in [-0.1, -0.05) is 6.92 Å².